The lowest BCUT2D eigenvalue weighted by Gasteiger charge is -2.24. The minimum atomic E-state index is 0.160. The summed E-state index contributed by atoms with van der Waals surface area (Å²) < 4.78 is 0. The van der Waals surface area contributed by atoms with Crippen LogP contribution in [0.2, 0.25) is 0 Å². The number of anilines is 1. The van der Waals surface area contributed by atoms with Crippen molar-refractivity contribution in [2.75, 3.05) is 24.6 Å². The SMILES string of the molecule is CCCCCCN(CCO)c1ccc(O)c(C)c1. The average molecular weight is 251 g/mol. The molecule has 0 aromatic heterocycles. The fraction of sp³-hybridized carbons (Fsp3) is 0.600. The Balaban J connectivity index is 2.61. The Morgan fingerprint density at radius 1 is 1.11 bits per heavy atom. The fourth-order valence-electron chi connectivity index (χ4n) is 2.06. The molecule has 0 amide bonds. The molecule has 1 rings (SSSR count). The van der Waals surface area contributed by atoms with Crippen molar-refractivity contribution < 1.29 is 10.2 Å². The number of aromatic hydroxyl groups is 1. The second-order valence-corrected chi connectivity index (χ2v) is 4.74. The average Bonchev–Trinajstić information content (AvgIpc) is 2.37. The zero-order valence-electron chi connectivity index (χ0n) is 11.5. The number of hydrogen-bond donors (Lipinski definition) is 2. The number of phenols is 1. The minimum absolute atomic E-state index is 0.160. The van der Waals surface area contributed by atoms with Gasteiger partial charge in [0, 0.05) is 18.8 Å². The van der Waals surface area contributed by atoms with Crippen LogP contribution in [-0.4, -0.2) is 29.9 Å². The lowest BCUT2D eigenvalue weighted by Crippen LogP contribution is -2.27. The van der Waals surface area contributed by atoms with Gasteiger partial charge in [0.1, 0.15) is 5.75 Å². The van der Waals surface area contributed by atoms with Gasteiger partial charge in [-0.2, -0.15) is 0 Å². The maximum atomic E-state index is 9.53. The molecule has 0 spiro atoms. The van der Waals surface area contributed by atoms with Gasteiger partial charge in [-0.3, -0.25) is 0 Å². The molecule has 1 aromatic carbocycles. The van der Waals surface area contributed by atoms with Gasteiger partial charge in [-0.25, -0.2) is 0 Å². The topological polar surface area (TPSA) is 43.7 Å². The Morgan fingerprint density at radius 3 is 2.50 bits per heavy atom. The van der Waals surface area contributed by atoms with Crippen molar-refractivity contribution in [3.63, 3.8) is 0 Å². The second kappa shape index (κ2) is 7.98. The zero-order chi connectivity index (χ0) is 13.4. The second-order valence-electron chi connectivity index (χ2n) is 4.74. The summed E-state index contributed by atoms with van der Waals surface area (Å²) >= 11 is 0. The predicted octanol–water partition coefficient (Wildman–Crippen LogP) is 3.08. The van der Waals surface area contributed by atoms with E-state index in [0.717, 1.165) is 24.2 Å². The summed E-state index contributed by atoms with van der Waals surface area (Å²) in [4.78, 5) is 2.18. The first-order valence-electron chi connectivity index (χ1n) is 6.84. The van der Waals surface area contributed by atoms with E-state index in [-0.39, 0.29) is 6.61 Å². The highest BCUT2D eigenvalue weighted by molar-refractivity contribution is 5.52. The number of phenolic OH excluding ortho intramolecular Hbond substituents is 1. The largest absolute Gasteiger partial charge is 0.508 e. The van der Waals surface area contributed by atoms with Gasteiger partial charge in [0.25, 0.3) is 0 Å². The fourth-order valence-corrected chi connectivity index (χ4v) is 2.06. The van der Waals surface area contributed by atoms with Crippen LogP contribution in [0.4, 0.5) is 5.69 Å². The monoisotopic (exact) mass is 251 g/mol. The number of aliphatic hydroxyl groups excluding tert-OH is 1. The van der Waals surface area contributed by atoms with E-state index in [2.05, 4.69) is 11.8 Å². The van der Waals surface area contributed by atoms with Gasteiger partial charge in [0.05, 0.1) is 6.61 Å². The van der Waals surface area contributed by atoms with Crippen LogP contribution in [0.25, 0.3) is 0 Å². The molecule has 1 aromatic rings. The van der Waals surface area contributed by atoms with Crippen molar-refractivity contribution in [3.05, 3.63) is 23.8 Å². The Kier molecular flexibility index (Phi) is 6.58. The van der Waals surface area contributed by atoms with E-state index in [4.69, 9.17) is 5.11 Å². The van der Waals surface area contributed by atoms with E-state index in [0.29, 0.717) is 12.3 Å². The van der Waals surface area contributed by atoms with E-state index in [1.165, 1.54) is 19.3 Å². The van der Waals surface area contributed by atoms with Gasteiger partial charge < -0.3 is 15.1 Å². The van der Waals surface area contributed by atoms with Crippen LogP contribution >= 0.6 is 0 Å². The quantitative estimate of drug-likeness (QED) is 0.698. The molecule has 0 saturated carbocycles. The maximum Gasteiger partial charge on any atom is 0.118 e. The third kappa shape index (κ3) is 4.57. The molecule has 0 aliphatic heterocycles. The van der Waals surface area contributed by atoms with Crippen LogP contribution in [0.15, 0.2) is 18.2 Å². The highest BCUT2D eigenvalue weighted by Gasteiger charge is 2.07. The summed E-state index contributed by atoms with van der Waals surface area (Å²) in [6.45, 7) is 5.87. The van der Waals surface area contributed by atoms with Crippen LogP contribution in [0.3, 0.4) is 0 Å². The molecule has 18 heavy (non-hydrogen) atoms. The van der Waals surface area contributed by atoms with Gasteiger partial charge in [0.15, 0.2) is 0 Å². The van der Waals surface area contributed by atoms with Gasteiger partial charge in [-0.05, 0) is 37.1 Å². The van der Waals surface area contributed by atoms with Crippen molar-refractivity contribution in [2.45, 2.75) is 39.5 Å². The Bertz CT molecular complexity index is 352. The molecule has 0 aliphatic carbocycles. The van der Waals surface area contributed by atoms with Crippen molar-refractivity contribution in [2.24, 2.45) is 0 Å². The molecule has 0 saturated heterocycles. The van der Waals surface area contributed by atoms with Gasteiger partial charge in [-0.1, -0.05) is 26.2 Å². The number of unbranched alkanes of at least 4 members (excludes halogenated alkanes) is 3. The summed E-state index contributed by atoms with van der Waals surface area (Å²) in [5.74, 6) is 0.327. The minimum Gasteiger partial charge on any atom is -0.508 e. The Labute approximate surface area is 110 Å². The molecule has 0 heterocycles. The maximum absolute atomic E-state index is 9.53. The van der Waals surface area contributed by atoms with Crippen molar-refractivity contribution >= 4 is 5.69 Å². The third-order valence-corrected chi connectivity index (χ3v) is 3.20. The first kappa shape index (κ1) is 14.8. The molecule has 0 unspecified atom stereocenters. The lowest BCUT2D eigenvalue weighted by molar-refractivity contribution is 0.301. The molecule has 3 heteroatoms. The summed E-state index contributed by atoms with van der Waals surface area (Å²) in [7, 11) is 0. The van der Waals surface area contributed by atoms with Crippen molar-refractivity contribution in [1.82, 2.24) is 0 Å². The van der Waals surface area contributed by atoms with E-state index in [1.54, 1.807) is 6.07 Å². The van der Waals surface area contributed by atoms with Gasteiger partial charge in [-0.15, -0.1) is 0 Å². The summed E-state index contributed by atoms with van der Waals surface area (Å²) in [6, 6.07) is 5.61. The normalized spacial score (nSPS) is 10.6. The van der Waals surface area contributed by atoms with Crippen LogP contribution in [0, 0.1) is 6.92 Å². The summed E-state index contributed by atoms with van der Waals surface area (Å²) in [5.41, 5.74) is 1.96. The first-order valence-corrected chi connectivity index (χ1v) is 6.84. The molecule has 0 atom stereocenters. The summed E-state index contributed by atoms with van der Waals surface area (Å²) in [6.07, 6.45) is 4.88. The molecule has 2 N–H and O–H groups in total. The van der Waals surface area contributed by atoms with Crippen LogP contribution in [-0.2, 0) is 0 Å². The molecule has 102 valence electrons. The Morgan fingerprint density at radius 2 is 1.89 bits per heavy atom. The van der Waals surface area contributed by atoms with E-state index in [9.17, 15) is 5.11 Å². The van der Waals surface area contributed by atoms with Gasteiger partial charge in [0.2, 0.25) is 0 Å². The van der Waals surface area contributed by atoms with E-state index < -0.39 is 0 Å². The predicted molar refractivity (Wildman–Crippen MR) is 76.3 cm³/mol. The molecule has 0 bridgehead atoms. The standard InChI is InChI=1S/C15H25NO2/c1-3-4-5-6-9-16(10-11-17)14-7-8-15(18)13(2)12-14/h7-8,12,17-18H,3-6,9-11H2,1-2H3. The Hall–Kier alpha value is -1.22. The smallest absolute Gasteiger partial charge is 0.118 e. The first-order chi connectivity index (χ1) is 8.69. The molecule has 0 radical (unpaired) electrons. The van der Waals surface area contributed by atoms with Crippen molar-refractivity contribution in [3.8, 4) is 5.75 Å². The van der Waals surface area contributed by atoms with Crippen LogP contribution < -0.4 is 4.90 Å². The summed E-state index contributed by atoms with van der Waals surface area (Å²) in [5, 5.41) is 18.7. The molecule has 0 fully saturated rings. The van der Waals surface area contributed by atoms with E-state index in [1.807, 2.05) is 19.1 Å². The number of aryl methyl sites for hydroxylation is 1. The highest BCUT2D eigenvalue weighted by Crippen LogP contribution is 2.23. The number of hydrogen-bond acceptors (Lipinski definition) is 3. The number of nitrogens with zero attached hydrogens (tertiary/aromatic N) is 1. The van der Waals surface area contributed by atoms with Crippen molar-refractivity contribution in [1.29, 1.82) is 0 Å². The number of benzene rings is 1. The number of rotatable bonds is 8. The lowest BCUT2D eigenvalue weighted by atomic mass is 10.1. The molecule has 3 nitrogen and oxygen atoms in total. The molecular formula is C15H25NO2. The molecule has 0 aliphatic rings. The van der Waals surface area contributed by atoms with Gasteiger partial charge >= 0.3 is 0 Å². The molecular weight excluding hydrogens is 226 g/mol. The third-order valence-electron chi connectivity index (χ3n) is 3.20. The zero-order valence-corrected chi connectivity index (χ0v) is 11.5. The van der Waals surface area contributed by atoms with Crippen LogP contribution in [0.1, 0.15) is 38.2 Å². The van der Waals surface area contributed by atoms with Crippen LogP contribution in [0.5, 0.6) is 5.75 Å². The number of aliphatic hydroxyl groups is 1. The highest BCUT2D eigenvalue weighted by atomic mass is 16.3. The van der Waals surface area contributed by atoms with E-state index >= 15 is 0 Å².